The van der Waals surface area contributed by atoms with Gasteiger partial charge in [-0.05, 0) is 56.8 Å². The van der Waals surface area contributed by atoms with Gasteiger partial charge in [-0.2, -0.15) is 0 Å². The molecule has 5 nitrogen and oxygen atoms in total. The maximum Gasteiger partial charge on any atom is 0.217 e. The van der Waals surface area contributed by atoms with E-state index in [0.29, 0.717) is 12.8 Å². The largest absolute Gasteiger partial charge is 0.393 e. The standard InChI is InChI=1S/C22H41NO4/c1-2-17(24)12-8-4-3-5-9-13-18-19(21(26)16-20(18)25)14-10-6-7-11-15-22(23)27/h6,10,17-21,24-26H,2-5,7-9,11-16H2,1H3,(H2,23,27)/b10-6-/t17?,18?,19?,20-,21+/m1/s1. The third-order valence-electron chi connectivity index (χ3n) is 5.94. The van der Waals surface area contributed by atoms with E-state index in [0.717, 1.165) is 64.2 Å². The summed E-state index contributed by atoms with van der Waals surface area (Å²) in [6.45, 7) is 2.01. The molecule has 158 valence electrons. The highest BCUT2D eigenvalue weighted by Gasteiger charge is 2.40. The van der Waals surface area contributed by atoms with Gasteiger partial charge in [0.15, 0.2) is 0 Å². The molecule has 27 heavy (non-hydrogen) atoms. The van der Waals surface area contributed by atoms with Crippen molar-refractivity contribution in [2.24, 2.45) is 17.6 Å². The van der Waals surface area contributed by atoms with Crippen molar-refractivity contribution in [2.45, 2.75) is 109 Å². The van der Waals surface area contributed by atoms with Gasteiger partial charge in [0.1, 0.15) is 0 Å². The van der Waals surface area contributed by atoms with E-state index in [4.69, 9.17) is 5.73 Å². The number of hydrogen-bond acceptors (Lipinski definition) is 4. The van der Waals surface area contributed by atoms with E-state index < -0.39 is 12.2 Å². The third-order valence-corrected chi connectivity index (χ3v) is 5.94. The number of hydrogen-bond donors (Lipinski definition) is 4. The first-order valence-corrected chi connectivity index (χ1v) is 10.9. The number of unbranched alkanes of at least 4 members (excludes halogenated alkanes) is 5. The Kier molecular flexibility index (Phi) is 12.6. The second-order valence-electron chi connectivity index (χ2n) is 8.17. The maximum absolute atomic E-state index is 10.7. The molecule has 0 aromatic carbocycles. The highest BCUT2D eigenvalue weighted by Crippen LogP contribution is 2.38. The fourth-order valence-corrected chi connectivity index (χ4v) is 4.17. The van der Waals surface area contributed by atoms with Crippen molar-refractivity contribution >= 4 is 5.91 Å². The molecule has 5 N–H and O–H groups in total. The minimum atomic E-state index is -0.421. The number of allylic oxidation sites excluding steroid dienone is 2. The summed E-state index contributed by atoms with van der Waals surface area (Å²) in [5.41, 5.74) is 5.13. The Balaban J connectivity index is 2.22. The highest BCUT2D eigenvalue weighted by atomic mass is 16.3. The predicted octanol–water partition coefficient (Wildman–Crippen LogP) is 3.45. The average molecular weight is 384 g/mol. The van der Waals surface area contributed by atoms with Crippen LogP contribution >= 0.6 is 0 Å². The minimum absolute atomic E-state index is 0.132. The first-order chi connectivity index (χ1) is 13.0. The van der Waals surface area contributed by atoms with Crippen molar-refractivity contribution in [3.05, 3.63) is 12.2 Å². The Bertz CT molecular complexity index is 427. The van der Waals surface area contributed by atoms with E-state index in [2.05, 4.69) is 12.2 Å². The molecule has 1 aliphatic carbocycles. The number of rotatable bonds is 15. The zero-order valence-electron chi connectivity index (χ0n) is 17.1. The van der Waals surface area contributed by atoms with Gasteiger partial charge in [-0.25, -0.2) is 0 Å². The first kappa shape index (κ1) is 24.1. The van der Waals surface area contributed by atoms with Crippen molar-refractivity contribution in [1.82, 2.24) is 0 Å². The molecule has 1 fully saturated rings. The molecule has 0 aromatic heterocycles. The number of aliphatic hydroxyl groups excluding tert-OH is 3. The summed E-state index contributed by atoms with van der Waals surface area (Å²) < 4.78 is 0. The summed E-state index contributed by atoms with van der Waals surface area (Å²) >= 11 is 0. The van der Waals surface area contributed by atoms with Gasteiger partial charge in [0.2, 0.25) is 5.91 Å². The number of amides is 1. The van der Waals surface area contributed by atoms with Crippen LogP contribution in [-0.2, 0) is 4.79 Å². The lowest BCUT2D eigenvalue weighted by atomic mass is 9.86. The number of primary amides is 1. The highest BCUT2D eigenvalue weighted by molar-refractivity contribution is 5.73. The molecule has 0 aliphatic heterocycles. The molecule has 0 saturated heterocycles. The maximum atomic E-state index is 10.7. The van der Waals surface area contributed by atoms with Crippen LogP contribution < -0.4 is 5.73 Å². The van der Waals surface area contributed by atoms with Gasteiger partial charge in [0, 0.05) is 6.42 Å². The van der Waals surface area contributed by atoms with Crippen LogP contribution in [0.1, 0.15) is 90.4 Å². The van der Waals surface area contributed by atoms with Crippen LogP contribution in [0.4, 0.5) is 0 Å². The van der Waals surface area contributed by atoms with Crippen molar-refractivity contribution in [3.63, 3.8) is 0 Å². The minimum Gasteiger partial charge on any atom is -0.393 e. The van der Waals surface area contributed by atoms with E-state index in [1.165, 1.54) is 6.42 Å². The molecule has 1 aliphatic rings. The van der Waals surface area contributed by atoms with Crippen molar-refractivity contribution < 1.29 is 20.1 Å². The lowest BCUT2D eigenvalue weighted by molar-refractivity contribution is -0.118. The Morgan fingerprint density at radius 2 is 1.70 bits per heavy atom. The normalized spacial score (nSPS) is 26.7. The molecular weight excluding hydrogens is 342 g/mol. The summed E-state index contributed by atoms with van der Waals surface area (Å²) in [4.78, 5) is 10.7. The van der Waals surface area contributed by atoms with Gasteiger partial charge in [-0.3, -0.25) is 4.79 Å². The van der Waals surface area contributed by atoms with E-state index in [1.807, 2.05) is 6.92 Å². The van der Waals surface area contributed by atoms with Crippen LogP contribution in [0.5, 0.6) is 0 Å². The van der Waals surface area contributed by atoms with E-state index in [9.17, 15) is 20.1 Å². The number of carbonyl (C=O) groups is 1. The third kappa shape index (κ3) is 10.3. The monoisotopic (exact) mass is 383 g/mol. The number of nitrogens with two attached hydrogens (primary N) is 1. The summed E-state index contributed by atoms with van der Waals surface area (Å²) in [5, 5.41) is 30.1. The molecular formula is C22H41NO4. The smallest absolute Gasteiger partial charge is 0.217 e. The molecule has 0 bridgehead atoms. The van der Waals surface area contributed by atoms with Crippen LogP contribution in [0.3, 0.4) is 0 Å². The SMILES string of the molecule is CCC(O)CCCCCCCC1C(C/C=C\CCCC(N)=O)[C@@H](O)C[C@H]1O. The molecule has 0 heterocycles. The summed E-state index contributed by atoms with van der Waals surface area (Å²) in [5.74, 6) is 0.0450. The lowest BCUT2D eigenvalue weighted by Crippen LogP contribution is -2.21. The first-order valence-electron chi connectivity index (χ1n) is 10.9. The van der Waals surface area contributed by atoms with Gasteiger partial charge in [0.05, 0.1) is 18.3 Å². The van der Waals surface area contributed by atoms with Gasteiger partial charge in [0.25, 0.3) is 0 Å². The molecule has 3 unspecified atom stereocenters. The molecule has 1 saturated carbocycles. The molecule has 1 rings (SSSR count). The quantitative estimate of drug-likeness (QED) is 0.257. The van der Waals surface area contributed by atoms with Crippen LogP contribution in [0.2, 0.25) is 0 Å². The van der Waals surface area contributed by atoms with Crippen molar-refractivity contribution in [3.8, 4) is 0 Å². The van der Waals surface area contributed by atoms with Crippen LogP contribution in [0.25, 0.3) is 0 Å². The Morgan fingerprint density at radius 1 is 1.04 bits per heavy atom. The average Bonchev–Trinajstić information content (AvgIpc) is 2.89. The van der Waals surface area contributed by atoms with Gasteiger partial charge < -0.3 is 21.1 Å². The Morgan fingerprint density at radius 3 is 2.41 bits per heavy atom. The molecule has 0 radical (unpaired) electrons. The Labute approximate surface area is 165 Å². The van der Waals surface area contributed by atoms with E-state index in [-0.39, 0.29) is 23.8 Å². The van der Waals surface area contributed by atoms with Crippen molar-refractivity contribution in [1.29, 1.82) is 0 Å². The second-order valence-corrected chi connectivity index (χ2v) is 8.17. The summed E-state index contributed by atoms with van der Waals surface area (Å²) in [6.07, 6.45) is 14.8. The second kappa shape index (κ2) is 14.1. The lowest BCUT2D eigenvalue weighted by Gasteiger charge is -2.22. The fourth-order valence-electron chi connectivity index (χ4n) is 4.17. The van der Waals surface area contributed by atoms with Crippen LogP contribution in [0.15, 0.2) is 12.2 Å². The van der Waals surface area contributed by atoms with Crippen LogP contribution in [0, 0.1) is 11.8 Å². The molecule has 0 spiro atoms. The van der Waals surface area contributed by atoms with Gasteiger partial charge >= 0.3 is 0 Å². The predicted molar refractivity (Wildman–Crippen MR) is 109 cm³/mol. The zero-order valence-corrected chi connectivity index (χ0v) is 17.1. The fraction of sp³-hybridized carbons (Fsp3) is 0.864. The summed E-state index contributed by atoms with van der Waals surface area (Å²) in [6, 6.07) is 0. The zero-order chi connectivity index (χ0) is 20.1. The van der Waals surface area contributed by atoms with E-state index in [1.54, 1.807) is 0 Å². The van der Waals surface area contributed by atoms with Gasteiger partial charge in [-0.15, -0.1) is 0 Å². The molecule has 0 aromatic rings. The number of carbonyl (C=O) groups excluding carboxylic acids is 1. The van der Waals surface area contributed by atoms with Crippen LogP contribution in [-0.4, -0.2) is 39.5 Å². The van der Waals surface area contributed by atoms with E-state index >= 15 is 0 Å². The molecule has 5 atom stereocenters. The summed E-state index contributed by atoms with van der Waals surface area (Å²) in [7, 11) is 0. The van der Waals surface area contributed by atoms with Crippen molar-refractivity contribution in [2.75, 3.05) is 0 Å². The molecule has 1 amide bonds. The topological polar surface area (TPSA) is 104 Å². The number of aliphatic hydroxyl groups is 3. The molecule has 5 heteroatoms. The Hall–Kier alpha value is -0.910. The van der Waals surface area contributed by atoms with Gasteiger partial charge in [-0.1, -0.05) is 51.2 Å².